The van der Waals surface area contributed by atoms with Gasteiger partial charge in [0.2, 0.25) is 0 Å². The molecule has 0 aromatic heterocycles. The molecule has 0 aliphatic carbocycles. The molecule has 0 aromatic rings. The number of hydrogen-bond acceptors (Lipinski definition) is 4. The van der Waals surface area contributed by atoms with Crippen LogP contribution in [0.3, 0.4) is 0 Å². The van der Waals surface area contributed by atoms with Gasteiger partial charge in [0.1, 0.15) is 11.7 Å². The van der Waals surface area contributed by atoms with Crippen molar-refractivity contribution in [3.05, 3.63) is 12.3 Å². The molecule has 4 heteroatoms. The van der Waals surface area contributed by atoms with Crippen LogP contribution in [-0.4, -0.2) is 55.6 Å². The van der Waals surface area contributed by atoms with Crippen molar-refractivity contribution >= 4 is 0 Å². The van der Waals surface area contributed by atoms with Crippen LogP contribution >= 0.6 is 0 Å². The third kappa shape index (κ3) is 3.12. The molecule has 2 saturated heterocycles. The van der Waals surface area contributed by atoms with Crippen molar-refractivity contribution in [1.29, 1.82) is 0 Å². The summed E-state index contributed by atoms with van der Waals surface area (Å²) in [7, 11) is 0. The monoisotopic (exact) mass is 267 g/mol. The first-order valence-corrected chi connectivity index (χ1v) is 7.58. The Kier molecular flexibility index (Phi) is 4.10. The standard InChI is InChI=1S/C15H25NO3/c1-2-13-9-16(10-14-5-3-4-7-18-14)11-15(19-13)6-8-17-12-15/h4,7,13-14H,2-3,5-6,8-12H2,1H3/t13-,14+,15+/m1/s1. The summed E-state index contributed by atoms with van der Waals surface area (Å²) in [5.41, 5.74) is -0.0522. The van der Waals surface area contributed by atoms with E-state index in [4.69, 9.17) is 14.2 Å². The zero-order valence-electron chi connectivity index (χ0n) is 11.8. The number of morpholine rings is 1. The van der Waals surface area contributed by atoms with Gasteiger partial charge in [-0.15, -0.1) is 0 Å². The molecular weight excluding hydrogens is 242 g/mol. The van der Waals surface area contributed by atoms with Crippen molar-refractivity contribution in [1.82, 2.24) is 4.90 Å². The van der Waals surface area contributed by atoms with Gasteiger partial charge in [0.25, 0.3) is 0 Å². The van der Waals surface area contributed by atoms with E-state index in [1.165, 1.54) is 0 Å². The van der Waals surface area contributed by atoms with Gasteiger partial charge in [-0.3, -0.25) is 4.90 Å². The average Bonchev–Trinajstić information content (AvgIpc) is 2.87. The van der Waals surface area contributed by atoms with Crippen molar-refractivity contribution in [2.45, 2.75) is 50.4 Å². The highest BCUT2D eigenvalue weighted by atomic mass is 16.6. The second-order valence-electron chi connectivity index (χ2n) is 6.04. The number of nitrogens with zero attached hydrogens (tertiary/aromatic N) is 1. The van der Waals surface area contributed by atoms with Crippen LogP contribution in [0.1, 0.15) is 32.6 Å². The van der Waals surface area contributed by atoms with E-state index in [0.29, 0.717) is 12.2 Å². The molecule has 0 unspecified atom stereocenters. The van der Waals surface area contributed by atoms with Crippen LogP contribution in [0.4, 0.5) is 0 Å². The largest absolute Gasteiger partial charge is 0.497 e. The summed E-state index contributed by atoms with van der Waals surface area (Å²) in [5.74, 6) is 0. The molecule has 0 amide bonds. The molecule has 19 heavy (non-hydrogen) atoms. The van der Waals surface area contributed by atoms with E-state index in [2.05, 4.69) is 17.9 Å². The molecule has 3 aliphatic heterocycles. The first kappa shape index (κ1) is 13.4. The van der Waals surface area contributed by atoms with Crippen molar-refractivity contribution in [3.8, 4) is 0 Å². The Balaban J connectivity index is 1.61. The van der Waals surface area contributed by atoms with Crippen molar-refractivity contribution in [2.75, 3.05) is 32.8 Å². The van der Waals surface area contributed by atoms with Crippen LogP contribution in [-0.2, 0) is 14.2 Å². The Morgan fingerprint density at radius 1 is 1.37 bits per heavy atom. The SMILES string of the molecule is CC[C@@H]1CN(C[C@@H]2CCC=CO2)C[C@]2(CCOC2)O1. The first-order chi connectivity index (χ1) is 9.30. The van der Waals surface area contributed by atoms with Crippen LogP contribution < -0.4 is 0 Å². The summed E-state index contributed by atoms with van der Waals surface area (Å²) < 4.78 is 17.6. The maximum absolute atomic E-state index is 6.28. The summed E-state index contributed by atoms with van der Waals surface area (Å²) in [6.07, 6.45) is 9.04. The highest BCUT2D eigenvalue weighted by Crippen LogP contribution is 2.31. The maximum atomic E-state index is 6.28. The first-order valence-electron chi connectivity index (χ1n) is 7.58. The lowest BCUT2D eigenvalue weighted by molar-refractivity contribution is -0.159. The molecule has 3 aliphatic rings. The molecule has 4 nitrogen and oxygen atoms in total. The molecule has 2 fully saturated rings. The Labute approximate surface area is 115 Å². The number of hydrogen-bond donors (Lipinski definition) is 0. The van der Waals surface area contributed by atoms with Gasteiger partial charge < -0.3 is 14.2 Å². The predicted octanol–water partition coefficient (Wildman–Crippen LogP) is 1.95. The fourth-order valence-electron chi connectivity index (χ4n) is 3.35. The average molecular weight is 267 g/mol. The molecule has 3 heterocycles. The Morgan fingerprint density at radius 2 is 2.32 bits per heavy atom. The van der Waals surface area contributed by atoms with Gasteiger partial charge in [0.15, 0.2) is 0 Å². The van der Waals surface area contributed by atoms with Crippen molar-refractivity contribution in [3.63, 3.8) is 0 Å². The molecule has 0 N–H and O–H groups in total. The van der Waals surface area contributed by atoms with Crippen LogP contribution in [0.2, 0.25) is 0 Å². The van der Waals surface area contributed by atoms with Crippen LogP contribution in [0.5, 0.6) is 0 Å². The molecule has 1 spiro atoms. The van der Waals surface area contributed by atoms with Crippen molar-refractivity contribution in [2.24, 2.45) is 0 Å². The van der Waals surface area contributed by atoms with Gasteiger partial charge in [0, 0.05) is 32.7 Å². The summed E-state index contributed by atoms with van der Waals surface area (Å²) in [6, 6.07) is 0. The zero-order chi connectivity index (χ0) is 13.1. The molecule has 0 saturated carbocycles. The Bertz CT molecular complexity index is 325. The lowest BCUT2D eigenvalue weighted by Gasteiger charge is -2.44. The molecule has 3 rings (SSSR count). The van der Waals surface area contributed by atoms with Crippen LogP contribution in [0.25, 0.3) is 0 Å². The third-order valence-corrected chi connectivity index (χ3v) is 4.40. The second kappa shape index (κ2) is 5.81. The van der Waals surface area contributed by atoms with Crippen molar-refractivity contribution < 1.29 is 14.2 Å². The highest BCUT2D eigenvalue weighted by molar-refractivity contribution is 4.95. The molecular formula is C15H25NO3. The van der Waals surface area contributed by atoms with Gasteiger partial charge >= 0.3 is 0 Å². The topological polar surface area (TPSA) is 30.9 Å². The predicted molar refractivity (Wildman–Crippen MR) is 73.0 cm³/mol. The van der Waals surface area contributed by atoms with Gasteiger partial charge in [0.05, 0.1) is 19.0 Å². The van der Waals surface area contributed by atoms with E-state index in [9.17, 15) is 0 Å². The zero-order valence-corrected chi connectivity index (χ0v) is 11.8. The normalized spacial score (nSPS) is 39.6. The molecule has 3 atom stereocenters. The third-order valence-electron chi connectivity index (χ3n) is 4.40. The minimum atomic E-state index is -0.0522. The van der Waals surface area contributed by atoms with Gasteiger partial charge in [-0.05, 0) is 25.3 Å². The lowest BCUT2D eigenvalue weighted by atomic mass is 9.98. The molecule has 108 valence electrons. The minimum Gasteiger partial charge on any atom is -0.497 e. The molecule has 0 bridgehead atoms. The van der Waals surface area contributed by atoms with E-state index in [1.807, 2.05) is 6.26 Å². The van der Waals surface area contributed by atoms with Crippen LogP contribution in [0, 0.1) is 0 Å². The molecule has 0 aromatic carbocycles. The summed E-state index contributed by atoms with van der Waals surface area (Å²) in [6.45, 7) is 6.84. The summed E-state index contributed by atoms with van der Waals surface area (Å²) >= 11 is 0. The number of ether oxygens (including phenoxy) is 3. The van der Waals surface area contributed by atoms with E-state index >= 15 is 0 Å². The van der Waals surface area contributed by atoms with Gasteiger partial charge in [-0.2, -0.15) is 0 Å². The van der Waals surface area contributed by atoms with Gasteiger partial charge in [-0.25, -0.2) is 0 Å². The second-order valence-corrected chi connectivity index (χ2v) is 6.04. The number of rotatable bonds is 3. The van der Waals surface area contributed by atoms with Crippen LogP contribution in [0.15, 0.2) is 12.3 Å². The van der Waals surface area contributed by atoms with E-state index in [0.717, 1.165) is 58.5 Å². The maximum Gasteiger partial charge on any atom is 0.111 e. The summed E-state index contributed by atoms with van der Waals surface area (Å²) in [5, 5.41) is 0. The Morgan fingerprint density at radius 3 is 3.00 bits per heavy atom. The Hall–Kier alpha value is -0.580. The highest BCUT2D eigenvalue weighted by Gasteiger charge is 2.43. The quantitative estimate of drug-likeness (QED) is 0.782. The fraction of sp³-hybridized carbons (Fsp3) is 0.867. The summed E-state index contributed by atoms with van der Waals surface area (Å²) in [4.78, 5) is 2.52. The van der Waals surface area contributed by atoms with E-state index < -0.39 is 0 Å². The smallest absolute Gasteiger partial charge is 0.111 e. The van der Waals surface area contributed by atoms with E-state index in [-0.39, 0.29) is 5.60 Å². The molecule has 0 radical (unpaired) electrons. The van der Waals surface area contributed by atoms with Gasteiger partial charge in [-0.1, -0.05) is 6.92 Å². The van der Waals surface area contributed by atoms with E-state index in [1.54, 1.807) is 0 Å². The fourth-order valence-corrected chi connectivity index (χ4v) is 3.35. The minimum absolute atomic E-state index is 0.0522. The number of allylic oxidation sites excluding steroid dienone is 1. The lowest BCUT2D eigenvalue weighted by Crippen LogP contribution is -2.57.